The molecule has 1 aliphatic carbocycles. The topological polar surface area (TPSA) is 33.4 Å². The van der Waals surface area contributed by atoms with Gasteiger partial charge in [0.2, 0.25) is 0 Å². The van der Waals surface area contributed by atoms with Crippen LogP contribution in [0.15, 0.2) is 41.2 Å². The first-order chi connectivity index (χ1) is 6.86. The largest absolute Gasteiger partial charge is 0.472 e. The summed E-state index contributed by atoms with van der Waals surface area (Å²) >= 11 is 0. The Hall–Kier alpha value is -1.54. The fourth-order valence-electron chi connectivity index (χ4n) is 2.07. The van der Waals surface area contributed by atoms with Gasteiger partial charge in [0.05, 0.1) is 18.6 Å². The second-order valence-corrected chi connectivity index (χ2v) is 3.62. The van der Waals surface area contributed by atoms with E-state index in [9.17, 15) is 5.11 Å². The Morgan fingerprint density at radius 1 is 1.14 bits per heavy atom. The van der Waals surface area contributed by atoms with E-state index >= 15 is 0 Å². The molecule has 0 spiro atoms. The lowest BCUT2D eigenvalue weighted by Gasteiger charge is -2.20. The minimum Gasteiger partial charge on any atom is -0.472 e. The molecule has 1 unspecified atom stereocenters. The maximum absolute atomic E-state index is 9.88. The van der Waals surface area contributed by atoms with Crippen molar-refractivity contribution in [1.82, 2.24) is 0 Å². The summed E-state index contributed by atoms with van der Waals surface area (Å²) < 4.78 is 5.16. The summed E-state index contributed by atoms with van der Waals surface area (Å²) in [5.41, 5.74) is 4.30. The minimum absolute atomic E-state index is 0.392. The average molecular weight is 186 g/mol. The number of aliphatic hydroxyl groups is 1. The lowest BCUT2D eigenvalue weighted by molar-refractivity contribution is 0.177. The number of aliphatic hydroxyl groups excluding tert-OH is 1. The Balaban J connectivity index is 2.30. The highest BCUT2D eigenvalue weighted by Crippen LogP contribution is 2.38. The fourth-order valence-corrected chi connectivity index (χ4v) is 2.07. The van der Waals surface area contributed by atoms with Crippen molar-refractivity contribution in [3.63, 3.8) is 0 Å². The fraction of sp³-hybridized carbons (Fsp3) is 0.167. The Labute approximate surface area is 81.8 Å². The number of hydrogen-bond acceptors (Lipinski definition) is 2. The molecule has 1 aromatic carbocycles. The smallest absolute Gasteiger partial charge is 0.0984 e. The van der Waals surface area contributed by atoms with Gasteiger partial charge in [-0.25, -0.2) is 0 Å². The van der Waals surface area contributed by atoms with Crippen LogP contribution in [0.4, 0.5) is 0 Å². The number of hydrogen-bond donors (Lipinski definition) is 1. The van der Waals surface area contributed by atoms with E-state index in [0.29, 0.717) is 6.42 Å². The van der Waals surface area contributed by atoms with Crippen molar-refractivity contribution in [2.75, 3.05) is 0 Å². The predicted octanol–water partition coefficient (Wildman–Crippen LogP) is 2.54. The summed E-state index contributed by atoms with van der Waals surface area (Å²) in [7, 11) is 0. The van der Waals surface area contributed by atoms with Gasteiger partial charge < -0.3 is 9.52 Å². The molecule has 70 valence electrons. The molecule has 0 fully saturated rings. The maximum atomic E-state index is 9.88. The zero-order valence-corrected chi connectivity index (χ0v) is 7.60. The van der Waals surface area contributed by atoms with Crippen LogP contribution in [0.25, 0.3) is 11.1 Å². The molecule has 2 nitrogen and oxygen atoms in total. The van der Waals surface area contributed by atoms with Gasteiger partial charge in [-0.15, -0.1) is 0 Å². The van der Waals surface area contributed by atoms with Crippen molar-refractivity contribution in [3.8, 4) is 11.1 Å². The van der Waals surface area contributed by atoms with Gasteiger partial charge in [-0.3, -0.25) is 0 Å². The molecule has 0 bridgehead atoms. The first kappa shape index (κ1) is 7.83. The number of rotatable bonds is 0. The van der Waals surface area contributed by atoms with E-state index in [-0.39, 0.29) is 0 Å². The molecular formula is C12H10O2. The van der Waals surface area contributed by atoms with Crippen LogP contribution < -0.4 is 0 Å². The van der Waals surface area contributed by atoms with Gasteiger partial charge in [-0.05, 0) is 11.1 Å². The first-order valence-electron chi connectivity index (χ1n) is 4.68. The van der Waals surface area contributed by atoms with Gasteiger partial charge in [-0.2, -0.15) is 0 Å². The Kier molecular flexibility index (Phi) is 1.52. The molecule has 1 aromatic heterocycles. The number of fused-ring (bicyclic) bond motifs is 3. The molecule has 0 aliphatic heterocycles. The van der Waals surface area contributed by atoms with E-state index in [2.05, 4.69) is 0 Å². The molecule has 0 radical (unpaired) electrons. The molecule has 2 heteroatoms. The Bertz CT molecular complexity index is 471. The third-order valence-corrected chi connectivity index (χ3v) is 2.77. The van der Waals surface area contributed by atoms with Crippen molar-refractivity contribution in [2.24, 2.45) is 0 Å². The summed E-state index contributed by atoms with van der Waals surface area (Å²) in [6, 6.07) is 7.92. The van der Waals surface area contributed by atoms with E-state index in [4.69, 9.17) is 4.42 Å². The summed E-state index contributed by atoms with van der Waals surface area (Å²) in [6.07, 6.45) is 3.73. The van der Waals surface area contributed by atoms with Gasteiger partial charge >= 0.3 is 0 Å². The van der Waals surface area contributed by atoms with Crippen LogP contribution in [-0.2, 0) is 6.42 Å². The van der Waals surface area contributed by atoms with Crippen LogP contribution >= 0.6 is 0 Å². The zero-order valence-electron chi connectivity index (χ0n) is 7.60. The molecule has 14 heavy (non-hydrogen) atoms. The van der Waals surface area contributed by atoms with E-state index < -0.39 is 6.10 Å². The van der Waals surface area contributed by atoms with Crippen LogP contribution in [0, 0.1) is 0 Å². The molecule has 1 heterocycles. The van der Waals surface area contributed by atoms with Crippen molar-refractivity contribution in [1.29, 1.82) is 0 Å². The van der Waals surface area contributed by atoms with E-state index in [1.807, 2.05) is 24.3 Å². The molecule has 0 saturated heterocycles. The van der Waals surface area contributed by atoms with E-state index in [1.54, 1.807) is 12.5 Å². The van der Waals surface area contributed by atoms with Gasteiger partial charge in [0.25, 0.3) is 0 Å². The maximum Gasteiger partial charge on any atom is 0.0984 e. The van der Waals surface area contributed by atoms with Crippen molar-refractivity contribution < 1.29 is 9.52 Å². The molecule has 1 atom stereocenters. The molecule has 1 N–H and O–H groups in total. The van der Waals surface area contributed by atoms with E-state index in [0.717, 1.165) is 22.3 Å². The summed E-state index contributed by atoms with van der Waals surface area (Å²) in [4.78, 5) is 0. The van der Waals surface area contributed by atoms with Crippen molar-refractivity contribution in [3.05, 3.63) is 47.9 Å². The second kappa shape index (κ2) is 2.72. The van der Waals surface area contributed by atoms with Gasteiger partial charge in [0.15, 0.2) is 0 Å². The Morgan fingerprint density at radius 2 is 2.00 bits per heavy atom. The quantitative estimate of drug-likeness (QED) is 0.685. The lowest BCUT2D eigenvalue weighted by Crippen LogP contribution is -2.08. The lowest BCUT2D eigenvalue weighted by atomic mass is 9.86. The molecule has 3 rings (SSSR count). The van der Waals surface area contributed by atoms with Gasteiger partial charge in [0, 0.05) is 17.5 Å². The molecular weight excluding hydrogens is 176 g/mol. The van der Waals surface area contributed by atoms with Gasteiger partial charge in [-0.1, -0.05) is 24.3 Å². The normalized spacial score (nSPS) is 18.8. The molecule has 2 aromatic rings. The van der Waals surface area contributed by atoms with Crippen molar-refractivity contribution >= 4 is 0 Å². The summed E-state index contributed by atoms with van der Waals surface area (Å²) in [5.74, 6) is 0. The van der Waals surface area contributed by atoms with E-state index in [1.165, 1.54) is 0 Å². The third-order valence-electron chi connectivity index (χ3n) is 2.77. The SMILES string of the molecule is OC1Cc2cocc2-c2ccccc21. The van der Waals surface area contributed by atoms with Gasteiger partial charge in [0.1, 0.15) is 0 Å². The average Bonchev–Trinajstić information content (AvgIpc) is 2.66. The first-order valence-corrected chi connectivity index (χ1v) is 4.68. The number of benzene rings is 1. The zero-order chi connectivity index (χ0) is 9.54. The highest BCUT2D eigenvalue weighted by Gasteiger charge is 2.23. The summed E-state index contributed by atoms with van der Waals surface area (Å²) in [6.45, 7) is 0. The summed E-state index contributed by atoms with van der Waals surface area (Å²) in [5, 5.41) is 9.88. The highest BCUT2D eigenvalue weighted by atomic mass is 16.3. The Morgan fingerprint density at radius 3 is 2.93 bits per heavy atom. The minimum atomic E-state index is -0.392. The van der Waals surface area contributed by atoms with Crippen molar-refractivity contribution in [2.45, 2.75) is 12.5 Å². The van der Waals surface area contributed by atoms with Crippen LogP contribution in [0.2, 0.25) is 0 Å². The molecule has 0 saturated carbocycles. The standard InChI is InChI=1S/C12H10O2/c13-12-5-8-6-14-7-11(8)9-3-1-2-4-10(9)12/h1-4,6-7,12-13H,5H2. The second-order valence-electron chi connectivity index (χ2n) is 3.62. The molecule has 1 aliphatic rings. The van der Waals surface area contributed by atoms with Crippen LogP contribution in [-0.4, -0.2) is 5.11 Å². The van der Waals surface area contributed by atoms with Crippen LogP contribution in [0.1, 0.15) is 17.2 Å². The van der Waals surface area contributed by atoms with Crippen LogP contribution in [0.3, 0.4) is 0 Å². The third kappa shape index (κ3) is 0.946. The molecule has 0 amide bonds. The monoisotopic (exact) mass is 186 g/mol. The number of furan rings is 1. The van der Waals surface area contributed by atoms with Crippen LogP contribution in [0.5, 0.6) is 0 Å². The highest BCUT2D eigenvalue weighted by molar-refractivity contribution is 5.72. The predicted molar refractivity (Wildman–Crippen MR) is 52.8 cm³/mol.